The van der Waals surface area contributed by atoms with Gasteiger partial charge in [0.05, 0.1) is 11.0 Å². The summed E-state index contributed by atoms with van der Waals surface area (Å²) < 4.78 is 13.8. The third-order valence-corrected chi connectivity index (χ3v) is 34.0. The Hall–Kier alpha value is -16.2. The number of benzene rings is 20. The SMILES string of the molecule is C[Si](c1ccccc1)(c1ccccc1)c1ccc(-n2c3ccccc3c3ccccc32)cc1.C[Si](c1ccccc1)(c1ccccc1)c1ccccc1.Cc1ccc(C(=O)c2ccc3ccccc3c2)cc1.Cc1ccc2c(c1)oc1ccccc12.Cc1ccc2oc3ccccc3c2c1.Cc1cccc(C(=O)c2ccc3ccccc3c2)c1.Cc1cccc(C(=O)c2ccccc2)c1. The number of hydrogen-bond acceptors (Lipinski definition) is 5. The number of nitrogens with zero attached hydrogens (tertiary/aromatic N) is 1. The van der Waals surface area contributed by atoms with E-state index in [1.165, 1.54) is 91.3 Å². The second kappa shape index (κ2) is 41.7. The molecule has 0 aliphatic carbocycles. The minimum atomic E-state index is -2.10. The molecule has 0 N–H and O–H groups in total. The van der Waals surface area contributed by atoms with E-state index in [4.69, 9.17) is 8.83 Å². The Labute approximate surface area is 786 Å². The third-order valence-electron chi connectivity index (χ3n) is 25.0. The van der Waals surface area contributed by atoms with Gasteiger partial charge >= 0.3 is 0 Å². The first-order valence-electron chi connectivity index (χ1n) is 45.5. The number of aryl methyl sites for hydroxylation is 5. The lowest BCUT2D eigenvalue weighted by Crippen LogP contribution is -2.64. The van der Waals surface area contributed by atoms with Crippen molar-refractivity contribution in [3.8, 4) is 5.69 Å². The quantitative estimate of drug-likeness (QED) is 0.0653. The van der Waals surface area contributed by atoms with Gasteiger partial charge in [0.25, 0.3) is 0 Å². The molecule has 20 aromatic carbocycles. The molecule has 3 heterocycles. The second-order valence-electron chi connectivity index (χ2n) is 34.3. The Morgan fingerprint density at radius 2 is 0.485 bits per heavy atom. The maximum Gasteiger partial charge on any atom is 0.193 e. The number of carbonyl (C=O) groups is 3. The van der Waals surface area contributed by atoms with Crippen LogP contribution >= 0.6 is 0 Å². The van der Waals surface area contributed by atoms with Crippen LogP contribution in [0.25, 0.3) is 92.9 Å². The lowest BCUT2D eigenvalue weighted by molar-refractivity contribution is 0.103. The summed E-state index contributed by atoms with van der Waals surface area (Å²) in [6.07, 6.45) is 0. The Bertz CT molecular complexity index is 7790. The average molecular weight is 1770 g/mol. The summed E-state index contributed by atoms with van der Waals surface area (Å²) in [5.74, 6) is 0.236. The molecule has 650 valence electrons. The minimum absolute atomic E-state index is 0.0748. The van der Waals surface area contributed by atoms with Gasteiger partial charge in [0, 0.05) is 71.4 Å². The molecule has 0 saturated carbocycles. The molecule has 0 unspecified atom stereocenters. The Morgan fingerprint density at radius 1 is 0.194 bits per heavy atom. The van der Waals surface area contributed by atoms with Crippen LogP contribution < -0.4 is 31.1 Å². The van der Waals surface area contributed by atoms with Gasteiger partial charge in [-0.1, -0.05) is 454 Å². The van der Waals surface area contributed by atoms with Crippen LogP contribution in [0.2, 0.25) is 13.1 Å². The molecular weight excluding hydrogens is 1660 g/mol. The van der Waals surface area contributed by atoms with Gasteiger partial charge in [-0.2, -0.15) is 0 Å². The van der Waals surface area contributed by atoms with E-state index in [1.807, 2.05) is 239 Å². The van der Waals surface area contributed by atoms with E-state index < -0.39 is 16.1 Å². The van der Waals surface area contributed by atoms with E-state index in [0.29, 0.717) is 0 Å². The molecule has 0 radical (unpaired) electrons. The van der Waals surface area contributed by atoms with Crippen molar-refractivity contribution in [2.24, 2.45) is 0 Å². The Kier molecular flexibility index (Phi) is 27.9. The van der Waals surface area contributed by atoms with Gasteiger partial charge in [-0.25, -0.2) is 0 Å². The van der Waals surface area contributed by atoms with Crippen molar-refractivity contribution < 1.29 is 23.2 Å². The second-order valence-corrected chi connectivity index (χ2v) is 42.2. The van der Waals surface area contributed by atoms with Crippen LogP contribution in [0, 0.1) is 34.6 Å². The molecule has 0 amide bonds. The zero-order valence-corrected chi connectivity index (χ0v) is 78.3. The topological polar surface area (TPSA) is 82.4 Å². The van der Waals surface area contributed by atoms with Crippen LogP contribution in [0.1, 0.15) is 75.6 Å². The van der Waals surface area contributed by atoms with Crippen molar-refractivity contribution >= 4 is 152 Å². The zero-order chi connectivity index (χ0) is 92.3. The van der Waals surface area contributed by atoms with Crippen LogP contribution in [0.5, 0.6) is 0 Å². The van der Waals surface area contributed by atoms with E-state index in [2.05, 4.69) is 311 Å². The predicted molar refractivity (Wildman–Crippen MR) is 569 cm³/mol. The number of fused-ring (bicyclic) bond motifs is 11. The summed E-state index contributed by atoms with van der Waals surface area (Å²) in [7, 11) is -3.98. The van der Waals surface area contributed by atoms with Gasteiger partial charge in [-0.05, 0) is 172 Å². The molecule has 0 spiro atoms. The van der Waals surface area contributed by atoms with Gasteiger partial charge in [0.2, 0.25) is 0 Å². The van der Waals surface area contributed by atoms with Gasteiger partial charge < -0.3 is 13.4 Å². The highest BCUT2D eigenvalue weighted by Gasteiger charge is 2.35. The lowest BCUT2D eigenvalue weighted by Gasteiger charge is -2.29. The zero-order valence-electron chi connectivity index (χ0n) is 76.3. The first-order valence-corrected chi connectivity index (χ1v) is 50.5. The number of hydrogen-bond donors (Lipinski definition) is 0. The summed E-state index contributed by atoms with van der Waals surface area (Å²) in [6.45, 7) is 15.1. The minimum Gasteiger partial charge on any atom is -0.456 e. The standard InChI is InChI=1S/C31H25NSi.C19H18Si.2C18H14O.C14H12O.2C13H10O/c1-33(25-12-4-2-5-13-25,26-14-6-3-7-15-26)27-22-20-24(21-23-27)32-30-18-10-8-16-28(30)29-17-9-11-19-31(29)32;1-20(17-11-5-2-6-12-17,18-13-7-3-8-14-18)19-15-9-4-10-16-19;1-13-5-4-8-16(11-13)18(19)17-10-9-14-6-2-3-7-15(14)12-17;1-13-6-8-15(9-7-13)18(19)17-11-10-14-4-2-3-5-16(14)12-17;1-11-6-5-9-13(10-11)14(15)12-7-3-2-4-8-12;1-9-6-7-13-11(8-9)10-4-2-3-5-12(10)14-13;1-9-6-7-11-10-4-2-3-5-12(10)14-13(11)8-9/h2-23H,1H3;2-16H,1H3;2*2-12H,1H3;2-10H,1H3;2*2-8H,1H3. The summed E-state index contributed by atoms with van der Waals surface area (Å²) >= 11 is 0. The molecule has 0 aliphatic heterocycles. The predicted octanol–water partition coefficient (Wildman–Crippen LogP) is 28.4. The van der Waals surface area contributed by atoms with E-state index in [0.717, 1.165) is 93.9 Å². The van der Waals surface area contributed by atoms with Crippen LogP contribution in [0.3, 0.4) is 0 Å². The largest absolute Gasteiger partial charge is 0.456 e. The highest BCUT2D eigenvalue weighted by molar-refractivity contribution is 7.11. The number of para-hydroxylation sites is 4. The summed E-state index contributed by atoms with van der Waals surface area (Å²) in [5.41, 5.74) is 17.9. The number of rotatable bonds is 13. The van der Waals surface area contributed by atoms with E-state index in [1.54, 1.807) is 0 Å². The monoisotopic (exact) mass is 1770 g/mol. The summed E-state index contributed by atoms with van der Waals surface area (Å²) in [6, 6.07) is 171. The Morgan fingerprint density at radius 3 is 0.925 bits per heavy atom. The molecule has 134 heavy (non-hydrogen) atoms. The maximum atomic E-state index is 12.4. The normalized spacial score (nSPS) is 11.0. The molecule has 8 heteroatoms. The van der Waals surface area contributed by atoms with Crippen LogP contribution in [-0.2, 0) is 0 Å². The van der Waals surface area contributed by atoms with Crippen molar-refractivity contribution in [1.29, 1.82) is 0 Å². The number of furan rings is 2. The molecule has 3 aromatic heterocycles. The molecule has 0 bridgehead atoms. The van der Waals surface area contributed by atoms with Crippen molar-refractivity contribution in [3.05, 3.63) is 559 Å². The molecule has 6 nitrogen and oxygen atoms in total. The fourth-order valence-electron chi connectivity index (χ4n) is 17.7. The van der Waals surface area contributed by atoms with E-state index >= 15 is 0 Å². The molecule has 23 aromatic rings. The van der Waals surface area contributed by atoms with Crippen LogP contribution in [-0.4, -0.2) is 38.1 Å². The highest BCUT2D eigenvalue weighted by Crippen LogP contribution is 2.34. The lowest BCUT2D eigenvalue weighted by atomic mass is 9.99. The van der Waals surface area contributed by atoms with Gasteiger partial charge in [-0.15, -0.1) is 0 Å². The number of aromatic nitrogens is 1. The first kappa shape index (κ1) is 89.7. The van der Waals surface area contributed by atoms with Gasteiger partial charge in [-0.3, -0.25) is 14.4 Å². The highest BCUT2D eigenvalue weighted by atomic mass is 28.3. The fourth-order valence-corrected chi connectivity index (χ4v) is 24.8. The smallest absolute Gasteiger partial charge is 0.193 e. The van der Waals surface area contributed by atoms with Crippen molar-refractivity contribution in [2.45, 2.75) is 47.7 Å². The Balaban J connectivity index is 0.000000111. The van der Waals surface area contributed by atoms with E-state index in [-0.39, 0.29) is 17.3 Å². The first-order chi connectivity index (χ1) is 65.5. The van der Waals surface area contributed by atoms with Crippen molar-refractivity contribution in [1.82, 2.24) is 4.57 Å². The fraction of sp³-hybridized carbons (Fsp3) is 0.0556. The summed E-state index contributed by atoms with van der Waals surface area (Å²) in [4.78, 5) is 36.8. The molecule has 23 rings (SSSR count). The van der Waals surface area contributed by atoms with Crippen molar-refractivity contribution in [2.75, 3.05) is 0 Å². The van der Waals surface area contributed by atoms with E-state index in [9.17, 15) is 14.4 Å². The third kappa shape index (κ3) is 20.3. The molecule has 0 aliphatic rings. The van der Waals surface area contributed by atoms with Crippen molar-refractivity contribution in [3.63, 3.8) is 0 Å². The molecular formula is C126H103NO5Si2. The van der Waals surface area contributed by atoms with Crippen LogP contribution in [0.15, 0.2) is 506 Å². The van der Waals surface area contributed by atoms with Crippen LogP contribution in [0.4, 0.5) is 0 Å². The summed E-state index contributed by atoms with van der Waals surface area (Å²) in [5, 5.41) is 20.6. The molecule has 0 fully saturated rings. The molecule has 0 atom stereocenters. The number of ketones is 3. The number of carbonyl (C=O) groups excluding carboxylic acids is 3. The average Bonchev–Trinajstić information content (AvgIpc) is 1.55. The van der Waals surface area contributed by atoms with Gasteiger partial charge in [0.1, 0.15) is 38.5 Å². The van der Waals surface area contributed by atoms with Gasteiger partial charge in [0.15, 0.2) is 17.3 Å². The maximum absolute atomic E-state index is 12.4. The molecule has 0 saturated heterocycles.